The molecule has 0 aliphatic carbocycles. The normalized spacial score (nSPS) is 11.0. The minimum absolute atomic E-state index is 0. The van der Waals surface area contributed by atoms with E-state index in [0.29, 0.717) is 0 Å². The fraction of sp³-hybridized carbons (Fsp3) is 0.400. The molecule has 0 amide bonds. The SMILES string of the molecule is C[C@H](N)c1cscn1.Cl.Cl. The maximum atomic E-state index is 5.50. The van der Waals surface area contributed by atoms with Gasteiger partial charge in [0.2, 0.25) is 0 Å². The number of hydrogen-bond acceptors (Lipinski definition) is 3. The van der Waals surface area contributed by atoms with E-state index in [1.807, 2.05) is 12.3 Å². The third-order valence-electron chi connectivity index (χ3n) is 0.918. The number of nitrogens with zero attached hydrogens (tertiary/aromatic N) is 1. The molecule has 0 spiro atoms. The molecule has 0 fully saturated rings. The summed E-state index contributed by atoms with van der Waals surface area (Å²) in [7, 11) is 0. The molecule has 1 aromatic heterocycles. The van der Waals surface area contributed by atoms with Gasteiger partial charge in [-0.1, -0.05) is 0 Å². The highest BCUT2D eigenvalue weighted by molar-refractivity contribution is 7.07. The molecular formula is C5H10Cl2N2S. The van der Waals surface area contributed by atoms with E-state index < -0.39 is 0 Å². The van der Waals surface area contributed by atoms with Crippen molar-refractivity contribution in [2.75, 3.05) is 0 Å². The molecule has 0 unspecified atom stereocenters. The van der Waals surface area contributed by atoms with Crippen molar-refractivity contribution in [1.29, 1.82) is 0 Å². The molecular weight excluding hydrogens is 191 g/mol. The first kappa shape index (κ1) is 12.8. The summed E-state index contributed by atoms with van der Waals surface area (Å²) in [5.41, 5.74) is 8.27. The summed E-state index contributed by atoms with van der Waals surface area (Å²) >= 11 is 1.58. The Morgan fingerprint density at radius 2 is 2.20 bits per heavy atom. The van der Waals surface area contributed by atoms with Crippen LogP contribution in [0, 0.1) is 0 Å². The summed E-state index contributed by atoms with van der Waals surface area (Å²) in [6, 6.07) is 0.0845. The molecule has 0 bridgehead atoms. The Morgan fingerprint density at radius 3 is 2.40 bits per heavy atom. The number of aromatic nitrogens is 1. The van der Waals surface area contributed by atoms with Crippen molar-refractivity contribution in [1.82, 2.24) is 4.98 Å². The fourth-order valence-corrected chi connectivity index (χ4v) is 1.11. The van der Waals surface area contributed by atoms with Gasteiger partial charge in [0.1, 0.15) is 0 Å². The Kier molecular flexibility index (Phi) is 7.58. The van der Waals surface area contributed by atoms with E-state index in [0.717, 1.165) is 5.69 Å². The van der Waals surface area contributed by atoms with Crippen LogP contribution < -0.4 is 5.73 Å². The molecule has 0 aliphatic heterocycles. The third-order valence-corrected chi connectivity index (χ3v) is 1.52. The number of nitrogens with two attached hydrogens (primary N) is 1. The van der Waals surface area contributed by atoms with Crippen molar-refractivity contribution in [3.8, 4) is 0 Å². The first-order valence-electron chi connectivity index (χ1n) is 2.44. The van der Waals surface area contributed by atoms with E-state index in [4.69, 9.17) is 5.73 Å². The van der Waals surface area contributed by atoms with Gasteiger partial charge < -0.3 is 5.73 Å². The smallest absolute Gasteiger partial charge is 0.0795 e. The average Bonchev–Trinajstić information content (AvgIpc) is 2.12. The maximum Gasteiger partial charge on any atom is 0.0795 e. The zero-order chi connectivity index (χ0) is 5.98. The van der Waals surface area contributed by atoms with Crippen molar-refractivity contribution in [2.45, 2.75) is 13.0 Å². The highest BCUT2D eigenvalue weighted by Crippen LogP contribution is 2.07. The molecule has 0 aliphatic rings. The van der Waals surface area contributed by atoms with Gasteiger partial charge in [-0.3, -0.25) is 0 Å². The summed E-state index contributed by atoms with van der Waals surface area (Å²) in [6.07, 6.45) is 0. The van der Waals surface area contributed by atoms with Crippen LogP contribution in [-0.2, 0) is 0 Å². The second kappa shape index (κ2) is 5.92. The van der Waals surface area contributed by atoms with Crippen LogP contribution in [-0.4, -0.2) is 4.98 Å². The van der Waals surface area contributed by atoms with Crippen molar-refractivity contribution < 1.29 is 0 Å². The topological polar surface area (TPSA) is 38.9 Å². The van der Waals surface area contributed by atoms with Gasteiger partial charge in [0.05, 0.1) is 11.2 Å². The maximum absolute atomic E-state index is 5.50. The first-order chi connectivity index (χ1) is 3.80. The summed E-state index contributed by atoms with van der Waals surface area (Å²) in [5, 5.41) is 1.96. The molecule has 0 saturated heterocycles. The molecule has 0 radical (unpaired) electrons. The minimum atomic E-state index is 0. The van der Waals surface area contributed by atoms with Crippen LogP contribution in [0.4, 0.5) is 0 Å². The highest BCUT2D eigenvalue weighted by atomic mass is 35.5. The van der Waals surface area contributed by atoms with E-state index in [1.165, 1.54) is 0 Å². The monoisotopic (exact) mass is 200 g/mol. The Bertz CT molecular complexity index is 153. The fourth-order valence-electron chi connectivity index (χ4n) is 0.447. The number of halogens is 2. The second-order valence-corrected chi connectivity index (χ2v) is 2.42. The van der Waals surface area contributed by atoms with Crippen LogP contribution in [0.15, 0.2) is 10.9 Å². The molecule has 10 heavy (non-hydrogen) atoms. The lowest BCUT2D eigenvalue weighted by Crippen LogP contribution is -2.04. The lowest BCUT2D eigenvalue weighted by Gasteiger charge is -1.95. The van der Waals surface area contributed by atoms with Crippen LogP contribution in [0.3, 0.4) is 0 Å². The number of hydrogen-bond donors (Lipinski definition) is 1. The molecule has 0 aromatic carbocycles. The zero-order valence-electron chi connectivity index (χ0n) is 5.48. The molecule has 60 valence electrons. The number of rotatable bonds is 1. The molecule has 2 nitrogen and oxygen atoms in total. The predicted molar refractivity (Wildman–Crippen MR) is 49.2 cm³/mol. The first-order valence-corrected chi connectivity index (χ1v) is 3.38. The van der Waals surface area contributed by atoms with E-state index in [1.54, 1.807) is 16.8 Å². The molecule has 1 rings (SSSR count). The van der Waals surface area contributed by atoms with Gasteiger partial charge in [0, 0.05) is 11.4 Å². The van der Waals surface area contributed by atoms with E-state index >= 15 is 0 Å². The summed E-state index contributed by atoms with van der Waals surface area (Å²) < 4.78 is 0. The van der Waals surface area contributed by atoms with E-state index in [2.05, 4.69) is 4.98 Å². The van der Waals surface area contributed by atoms with Gasteiger partial charge in [0.25, 0.3) is 0 Å². The molecule has 2 N–H and O–H groups in total. The van der Waals surface area contributed by atoms with Crippen LogP contribution in [0.25, 0.3) is 0 Å². The minimum Gasteiger partial charge on any atom is -0.323 e. The Hall–Kier alpha value is 0.170. The largest absolute Gasteiger partial charge is 0.323 e. The van der Waals surface area contributed by atoms with Crippen LogP contribution in [0.5, 0.6) is 0 Å². The summed E-state index contributed by atoms with van der Waals surface area (Å²) in [6.45, 7) is 1.93. The van der Waals surface area contributed by atoms with E-state index in [9.17, 15) is 0 Å². The average molecular weight is 201 g/mol. The summed E-state index contributed by atoms with van der Waals surface area (Å²) in [5.74, 6) is 0. The van der Waals surface area contributed by atoms with Gasteiger partial charge in [-0.2, -0.15) is 0 Å². The predicted octanol–water partition coefficient (Wildman–Crippen LogP) is 2.01. The zero-order valence-corrected chi connectivity index (χ0v) is 7.93. The number of thiazole rings is 1. The van der Waals surface area contributed by atoms with Crippen molar-refractivity contribution in [2.24, 2.45) is 5.73 Å². The van der Waals surface area contributed by atoms with Crippen LogP contribution in [0.1, 0.15) is 18.7 Å². The Morgan fingerprint density at radius 1 is 1.60 bits per heavy atom. The van der Waals surface area contributed by atoms with E-state index in [-0.39, 0.29) is 30.9 Å². The lowest BCUT2D eigenvalue weighted by atomic mass is 10.3. The quantitative estimate of drug-likeness (QED) is 0.754. The molecule has 1 heterocycles. The van der Waals surface area contributed by atoms with Gasteiger partial charge in [-0.15, -0.1) is 36.2 Å². The van der Waals surface area contributed by atoms with Crippen LogP contribution >= 0.6 is 36.2 Å². The Balaban J connectivity index is 0. The molecule has 5 heteroatoms. The van der Waals surface area contributed by atoms with Gasteiger partial charge in [0.15, 0.2) is 0 Å². The van der Waals surface area contributed by atoms with Gasteiger partial charge in [-0.05, 0) is 6.92 Å². The molecule has 1 atom stereocenters. The van der Waals surface area contributed by atoms with Gasteiger partial charge >= 0.3 is 0 Å². The van der Waals surface area contributed by atoms with Crippen LogP contribution in [0.2, 0.25) is 0 Å². The van der Waals surface area contributed by atoms with Crippen molar-refractivity contribution >= 4 is 36.2 Å². The van der Waals surface area contributed by atoms with Gasteiger partial charge in [-0.25, -0.2) is 4.98 Å². The summed E-state index contributed by atoms with van der Waals surface area (Å²) in [4.78, 5) is 4.01. The molecule has 0 saturated carbocycles. The Labute approximate surface area is 76.7 Å². The van der Waals surface area contributed by atoms with Crippen molar-refractivity contribution in [3.05, 3.63) is 16.6 Å². The second-order valence-electron chi connectivity index (χ2n) is 1.70. The lowest BCUT2D eigenvalue weighted by molar-refractivity contribution is 0.789. The molecule has 1 aromatic rings. The third kappa shape index (κ3) is 3.37. The van der Waals surface area contributed by atoms with Crippen molar-refractivity contribution in [3.63, 3.8) is 0 Å². The highest BCUT2D eigenvalue weighted by Gasteiger charge is 1.97. The standard InChI is InChI=1S/C5H8N2S.2ClH/c1-4(6)5-2-8-3-7-5;;/h2-4H,6H2,1H3;2*1H/t4-;;/m0../s1.